The highest BCUT2D eigenvalue weighted by atomic mass is 32.1. The maximum atomic E-state index is 12.6. The smallest absolute Gasteiger partial charge is 0.416 e. The van der Waals surface area contributed by atoms with Gasteiger partial charge in [0.25, 0.3) is 0 Å². The van der Waals surface area contributed by atoms with Crippen molar-refractivity contribution in [3.05, 3.63) is 40.8 Å². The highest BCUT2D eigenvalue weighted by Gasteiger charge is 2.30. The van der Waals surface area contributed by atoms with E-state index in [1.54, 1.807) is 0 Å². The average Bonchev–Trinajstić information content (AvgIpc) is 2.89. The number of hydrogen-bond acceptors (Lipinski definition) is 5. The standard InChI is InChI=1S/C14H8F3N3O2S/c15-14(16,17)7-3-1-6(2-4-7)10-8-5-9(12(21)22)23-11(8)20-13(18)19-10/h1-5H,(H,21,22)(H2,18,19,20). The summed E-state index contributed by atoms with van der Waals surface area (Å²) < 4.78 is 37.9. The van der Waals surface area contributed by atoms with Crippen LogP contribution in [-0.2, 0) is 6.18 Å². The number of nitrogens with two attached hydrogens (primary N) is 1. The van der Waals surface area contributed by atoms with Gasteiger partial charge in [-0.25, -0.2) is 14.8 Å². The number of aromatic carboxylic acids is 1. The van der Waals surface area contributed by atoms with Crippen molar-refractivity contribution in [3.8, 4) is 11.3 Å². The van der Waals surface area contributed by atoms with Crippen LogP contribution in [0.3, 0.4) is 0 Å². The molecule has 0 unspecified atom stereocenters. The van der Waals surface area contributed by atoms with Crippen LogP contribution in [0, 0.1) is 0 Å². The maximum Gasteiger partial charge on any atom is 0.416 e. The third kappa shape index (κ3) is 2.82. The molecule has 0 aliphatic rings. The fourth-order valence-electron chi connectivity index (χ4n) is 2.08. The van der Waals surface area contributed by atoms with Gasteiger partial charge in [-0.05, 0) is 18.2 Å². The fourth-order valence-corrected chi connectivity index (χ4v) is 2.96. The number of aromatic nitrogens is 2. The second kappa shape index (κ2) is 5.20. The number of alkyl halides is 3. The number of fused-ring (bicyclic) bond motifs is 1. The van der Waals surface area contributed by atoms with Crippen molar-refractivity contribution in [1.82, 2.24) is 9.97 Å². The number of anilines is 1. The zero-order chi connectivity index (χ0) is 16.8. The van der Waals surface area contributed by atoms with E-state index in [0.717, 1.165) is 23.5 Å². The highest BCUT2D eigenvalue weighted by Crippen LogP contribution is 2.34. The van der Waals surface area contributed by atoms with E-state index in [9.17, 15) is 18.0 Å². The molecule has 5 nitrogen and oxygen atoms in total. The summed E-state index contributed by atoms with van der Waals surface area (Å²) in [5.41, 5.74) is 5.51. The first-order valence-electron chi connectivity index (χ1n) is 6.23. The molecule has 0 radical (unpaired) electrons. The normalized spacial score (nSPS) is 11.8. The zero-order valence-electron chi connectivity index (χ0n) is 11.3. The van der Waals surface area contributed by atoms with E-state index < -0.39 is 17.7 Å². The molecule has 2 aromatic heterocycles. The summed E-state index contributed by atoms with van der Waals surface area (Å²) in [6.07, 6.45) is -4.43. The Balaban J connectivity index is 2.17. The Morgan fingerprint density at radius 1 is 1.17 bits per heavy atom. The van der Waals surface area contributed by atoms with Gasteiger partial charge in [-0.2, -0.15) is 13.2 Å². The predicted molar refractivity (Wildman–Crippen MR) is 79.2 cm³/mol. The number of carboxylic acids is 1. The summed E-state index contributed by atoms with van der Waals surface area (Å²) in [4.78, 5) is 19.5. The molecule has 0 spiro atoms. The minimum Gasteiger partial charge on any atom is -0.477 e. The van der Waals surface area contributed by atoms with Crippen molar-refractivity contribution in [2.24, 2.45) is 0 Å². The van der Waals surface area contributed by atoms with Crippen LogP contribution < -0.4 is 5.73 Å². The Labute approximate surface area is 131 Å². The van der Waals surface area contributed by atoms with Gasteiger partial charge >= 0.3 is 12.1 Å². The summed E-state index contributed by atoms with van der Waals surface area (Å²) in [6, 6.07) is 5.78. The molecule has 0 aliphatic carbocycles. The second-order valence-electron chi connectivity index (χ2n) is 4.64. The summed E-state index contributed by atoms with van der Waals surface area (Å²) in [6.45, 7) is 0. The van der Waals surface area contributed by atoms with Crippen molar-refractivity contribution in [2.75, 3.05) is 5.73 Å². The van der Waals surface area contributed by atoms with Crippen LogP contribution in [0.15, 0.2) is 30.3 Å². The second-order valence-corrected chi connectivity index (χ2v) is 5.67. The van der Waals surface area contributed by atoms with Crippen LogP contribution in [-0.4, -0.2) is 21.0 Å². The highest BCUT2D eigenvalue weighted by molar-refractivity contribution is 7.20. The lowest BCUT2D eigenvalue weighted by Crippen LogP contribution is -2.04. The van der Waals surface area contributed by atoms with Crippen molar-refractivity contribution in [3.63, 3.8) is 0 Å². The quantitative estimate of drug-likeness (QED) is 0.744. The molecule has 0 saturated heterocycles. The third-order valence-corrected chi connectivity index (χ3v) is 4.12. The molecular weight excluding hydrogens is 331 g/mol. The first-order valence-corrected chi connectivity index (χ1v) is 7.05. The van der Waals surface area contributed by atoms with Crippen LogP contribution in [0.4, 0.5) is 19.1 Å². The topological polar surface area (TPSA) is 89.1 Å². The van der Waals surface area contributed by atoms with Crippen LogP contribution in [0.25, 0.3) is 21.5 Å². The number of halogens is 3. The summed E-state index contributed by atoms with van der Waals surface area (Å²) in [5, 5.41) is 9.48. The zero-order valence-corrected chi connectivity index (χ0v) is 12.1. The van der Waals surface area contributed by atoms with Crippen molar-refractivity contribution in [2.45, 2.75) is 6.18 Å². The molecule has 118 valence electrons. The van der Waals surface area contributed by atoms with Gasteiger partial charge < -0.3 is 10.8 Å². The Morgan fingerprint density at radius 2 is 1.83 bits per heavy atom. The molecule has 0 atom stereocenters. The van der Waals surface area contributed by atoms with Crippen LogP contribution in [0.1, 0.15) is 15.2 Å². The lowest BCUT2D eigenvalue weighted by Gasteiger charge is -2.08. The summed E-state index contributed by atoms with van der Waals surface area (Å²) in [7, 11) is 0. The molecular formula is C14H8F3N3O2S. The lowest BCUT2D eigenvalue weighted by molar-refractivity contribution is -0.137. The molecule has 23 heavy (non-hydrogen) atoms. The van der Waals surface area contributed by atoms with Gasteiger partial charge in [-0.15, -0.1) is 11.3 Å². The molecule has 3 aromatic rings. The van der Waals surface area contributed by atoms with E-state index in [1.165, 1.54) is 18.2 Å². The maximum absolute atomic E-state index is 12.6. The number of nitrogen functional groups attached to an aromatic ring is 1. The van der Waals surface area contributed by atoms with Gasteiger partial charge in [0, 0.05) is 10.9 Å². The van der Waals surface area contributed by atoms with E-state index in [2.05, 4.69) is 9.97 Å². The van der Waals surface area contributed by atoms with E-state index in [4.69, 9.17) is 10.8 Å². The number of nitrogens with zero attached hydrogens (tertiary/aromatic N) is 2. The van der Waals surface area contributed by atoms with E-state index in [1.807, 2.05) is 0 Å². The van der Waals surface area contributed by atoms with Crippen LogP contribution in [0.5, 0.6) is 0 Å². The van der Waals surface area contributed by atoms with Gasteiger partial charge in [0.2, 0.25) is 5.95 Å². The third-order valence-electron chi connectivity index (χ3n) is 3.11. The first kappa shape index (κ1) is 15.2. The minimum absolute atomic E-state index is 0.0491. The number of carbonyl (C=O) groups is 1. The molecule has 0 saturated carbocycles. The minimum atomic E-state index is -4.43. The molecule has 3 N–H and O–H groups in total. The summed E-state index contributed by atoms with van der Waals surface area (Å²) in [5.74, 6) is -1.20. The Morgan fingerprint density at radius 3 is 2.39 bits per heavy atom. The summed E-state index contributed by atoms with van der Waals surface area (Å²) >= 11 is 0.925. The largest absolute Gasteiger partial charge is 0.477 e. The van der Waals surface area contributed by atoms with Crippen molar-refractivity contribution >= 4 is 33.5 Å². The lowest BCUT2D eigenvalue weighted by atomic mass is 10.1. The van der Waals surface area contributed by atoms with Gasteiger partial charge in [-0.3, -0.25) is 0 Å². The fraction of sp³-hybridized carbons (Fsp3) is 0.0714. The van der Waals surface area contributed by atoms with Gasteiger partial charge in [0.1, 0.15) is 9.71 Å². The van der Waals surface area contributed by atoms with E-state index >= 15 is 0 Å². The number of hydrogen-bond donors (Lipinski definition) is 2. The molecule has 0 bridgehead atoms. The van der Waals surface area contributed by atoms with Crippen molar-refractivity contribution < 1.29 is 23.1 Å². The first-order chi connectivity index (χ1) is 10.8. The average molecular weight is 339 g/mol. The monoisotopic (exact) mass is 339 g/mol. The number of rotatable bonds is 2. The molecule has 1 aromatic carbocycles. The Kier molecular flexibility index (Phi) is 3.44. The van der Waals surface area contributed by atoms with Gasteiger partial charge in [0.05, 0.1) is 11.3 Å². The van der Waals surface area contributed by atoms with Crippen LogP contribution in [0.2, 0.25) is 0 Å². The molecule has 2 heterocycles. The molecule has 0 amide bonds. The predicted octanol–water partition coefficient (Wildman–Crippen LogP) is 3.66. The number of thiophene rings is 1. The SMILES string of the molecule is Nc1nc(-c2ccc(C(F)(F)F)cc2)c2cc(C(=O)O)sc2n1. The van der Waals surface area contributed by atoms with E-state index in [0.29, 0.717) is 21.5 Å². The number of benzene rings is 1. The molecule has 0 aliphatic heterocycles. The Bertz CT molecular complexity index is 904. The van der Waals surface area contributed by atoms with Crippen LogP contribution >= 0.6 is 11.3 Å². The van der Waals surface area contributed by atoms with Gasteiger partial charge in [-0.1, -0.05) is 12.1 Å². The Hall–Kier alpha value is -2.68. The molecule has 9 heteroatoms. The molecule has 0 fully saturated rings. The van der Waals surface area contributed by atoms with E-state index in [-0.39, 0.29) is 10.8 Å². The molecule has 3 rings (SSSR count). The van der Waals surface area contributed by atoms with Gasteiger partial charge in [0.15, 0.2) is 0 Å². The number of carboxylic acid groups (broad SMARTS) is 1. The van der Waals surface area contributed by atoms with Crippen molar-refractivity contribution in [1.29, 1.82) is 0 Å².